The van der Waals surface area contributed by atoms with Gasteiger partial charge in [0.05, 0.1) is 12.7 Å². The number of nitrogens with zero attached hydrogens (tertiary/aromatic N) is 4. The maximum absolute atomic E-state index is 10.9. The van der Waals surface area contributed by atoms with Crippen molar-refractivity contribution in [2.75, 3.05) is 6.61 Å². The molecule has 3 atom stereocenters. The Kier molecular flexibility index (Phi) is 2.86. The second-order valence-electron chi connectivity index (χ2n) is 4.07. The number of rotatable bonds is 3. The Morgan fingerprint density at radius 1 is 1.69 bits per heavy atom. The van der Waals surface area contributed by atoms with E-state index in [2.05, 4.69) is 15.5 Å². The molecule has 88 valence electrons. The van der Waals surface area contributed by atoms with E-state index in [1.54, 1.807) is 6.92 Å². The summed E-state index contributed by atoms with van der Waals surface area (Å²) in [6.45, 7) is 4.09. The van der Waals surface area contributed by atoms with Gasteiger partial charge in [0.15, 0.2) is 5.82 Å². The normalized spacial score (nSPS) is 26.9. The molecule has 1 saturated heterocycles. The Hall–Kier alpha value is -1.50. The maximum Gasteiger partial charge on any atom is 0.328 e. The lowest BCUT2D eigenvalue weighted by atomic mass is 10.1. The number of ether oxygens (including phenoxy) is 1. The van der Waals surface area contributed by atoms with Crippen molar-refractivity contribution in [2.45, 2.75) is 38.3 Å². The van der Waals surface area contributed by atoms with Crippen LogP contribution in [0.25, 0.3) is 0 Å². The fourth-order valence-electron chi connectivity index (χ4n) is 1.85. The van der Waals surface area contributed by atoms with Gasteiger partial charge < -0.3 is 9.84 Å². The molecule has 16 heavy (non-hydrogen) atoms. The summed E-state index contributed by atoms with van der Waals surface area (Å²) in [6, 6.07) is -0.749. The van der Waals surface area contributed by atoms with Gasteiger partial charge in [0.25, 0.3) is 0 Å². The lowest BCUT2D eigenvalue weighted by Gasteiger charge is -2.11. The van der Waals surface area contributed by atoms with E-state index < -0.39 is 12.0 Å². The SMILES string of the molecule is CC1CC(c2nnnn2C(C)C(=O)O)CO1. The Balaban J connectivity index is 2.22. The largest absolute Gasteiger partial charge is 0.480 e. The van der Waals surface area contributed by atoms with E-state index >= 15 is 0 Å². The van der Waals surface area contributed by atoms with Crippen LogP contribution in [0, 0.1) is 0 Å². The molecule has 0 radical (unpaired) electrons. The molecule has 3 unspecified atom stereocenters. The van der Waals surface area contributed by atoms with Crippen molar-refractivity contribution in [1.82, 2.24) is 20.2 Å². The zero-order valence-electron chi connectivity index (χ0n) is 9.20. The van der Waals surface area contributed by atoms with Crippen molar-refractivity contribution in [2.24, 2.45) is 0 Å². The molecule has 7 heteroatoms. The number of hydrogen-bond acceptors (Lipinski definition) is 5. The Morgan fingerprint density at radius 2 is 2.44 bits per heavy atom. The highest BCUT2D eigenvalue weighted by molar-refractivity contribution is 5.71. The van der Waals surface area contributed by atoms with Gasteiger partial charge in [-0.05, 0) is 30.7 Å². The number of carboxylic acid groups (broad SMARTS) is 1. The maximum atomic E-state index is 10.9. The molecule has 2 heterocycles. The van der Waals surface area contributed by atoms with Crippen LogP contribution in [0.5, 0.6) is 0 Å². The van der Waals surface area contributed by atoms with Crippen LogP contribution in [0.3, 0.4) is 0 Å². The molecule has 0 aromatic carbocycles. The van der Waals surface area contributed by atoms with Crippen molar-refractivity contribution >= 4 is 5.97 Å². The molecule has 1 aromatic heterocycles. The summed E-state index contributed by atoms with van der Waals surface area (Å²) < 4.78 is 6.78. The number of aromatic nitrogens is 4. The summed E-state index contributed by atoms with van der Waals surface area (Å²) in [5, 5.41) is 20.1. The third-order valence-electron chi connectivity index (χ3n) is 2.81. The van der Waals surface area contributed by atoms with Crippen molar-refractivity contribution in [1.29, 1.82) is 0 Å². The molecule has 0 bridgehead atoms. The van der Waals surface area contributed by atoms with Crippen molar-refractivity contribution in [3.63, 3.8) is 0 Å². The highest BCUT2D eigenvalue weighted by atomic mass is 16.5. The monoisotopic (exact) mass is 226 g/mol. The van der Waals surface area contributed by atoms with Gasteiger partial charge in [-0.25, -0.2) is 9.48 Å². The first-order chi connectivity index (χ1) is 7.59. The van der Waals surface area contributed by atoms with E-state index in [0.29, 0.717) is 12.4 Å². The summed E-state index contributed by atoms with van der Waals surface area (Å²) in [6.07, 6.45) is 1.00. The lowest BCUT2D eigenvalue weighted by Crippen LogP contribution is -2.21. The molecule has 0 saturated carbocycles. The summed E-state index contributed by atoms with van der Waals surface area (Å²) in [7, 11) is 0. The molecule has 0 amide bonds. The van der Waals surface area contributed by atoms with E-state index in [9.17, 15) is 4.79 Å². The molecule has 0 spiro atoms. The average Bonchev–Trinajstić information content (AvgIpc) is 2.83. The standard InChI is InChI=1S/C9H14N4O3/c1-5-3-7(4-16-5)8-10-11-12-13(8)6(2)9(14)15/h5-7H,3-4H2,1-2H3,(H,14,15). The molecule has 1 N–H and O–H groups in total. The van der Waals surface area contributed by atoms with E-state index in [1.807, 2.05) is 6.92 Å². The van der Waals surface area contributed by atoms with Gasteiger partial charge in [0, 0.05) is 5.92 Å². The van der Waals surface area contributed by atoms with Gasteiger partial charge in [0.2, 0.25) is 0 Å². The predicted octanol–water partition coefficient (Wildman–Crippen LogP) is 0.211. The number of aliphatic carboxylic acids is 1. The average molecular weight is 226 g/mol. The quantitative estimate of drug-likeness (QED) is 0.792. The second-order valence-corrected chi connectivity index (χ2v) is 4.07. The predicted molar refractivity (Wildman–Crippen MR) is 52.9 cm³/mol. The molecular formula is C9H14N4O3. The second kappa shape index (κ2) is 4.17. The summed E-state index contributed by atoms with van der Waals surface area (Å²) in [4.78, 5) is 10.9. The molecular weight excluding hydrogens is 212 g/mol. The zero-order valence-corrected chi connectivity index (χ0v) is 9.20. The van der Waals surface area contributed by atoms with Crippen LogP contribution < -0.4 is 0 Å². The van der Waals surface area contributed by atoms with Crippen molar-refractivity contribution in [3.05, 3.63) is 5.82 Å². The minimum atomic E-state index is -0.944. The fraction of sp³-hybridized carbons (Fsp3) is 0.778. The first-order valence-electron chi connectivity index (χ1n) is 5.21. The number of carbonyl (C=O) groups is 1. The first-order valence-corrected chi connectivity index (χ1v) is 5.21. The Morgan fingerprint density at radius 3 is 3.00 bits per heavy atom. The molecule has 2 rings (SSSR count). The summed E-state index contributed by atoms with van der Waals surface area (Å²) in [5.41, 5.74) is 0. The van der Waals surface area contributed by atoms with E-state index in [1.165, 1.54) is 4.68 Å². The highest BCUT2D eigenvalue weighted by Crippen LogP contribution is 2.28. The third-order valence-corrected chi connectivity index (χ3v) is 2.81. The lowest BCUT2D eigenvalue weighted by molar-refractivity contribution is -0.140. The zero-order chi connectivity index (χ0) is 11.7. The van der Waals surface area contributed by atoms with Gasteiger partial charge in [-0.3, -0.25) is 0 Å². The van der Waals surface area contributed by atoms with E-state index in [4.69, 9.17) is 9.84 Å². The van der Waals surface area contributed by atoms with Gasteiger partial charge in [-0.1, -0.05) is 0 Å². The molecule has 1 aliphatic rings. The van der Waals surface area contributed by atoms with E-state index in [0.717, 1.165) is 6.42 Å². The first kappa shape index (κ1) is 11.0. The minimum absolute atomic E-state index is 0.0896. The molecule has 0 aliphatic carbocycles. The van der Waals surface area contributed by atoms with Crippen molar-refractivity contribution < 1.29 is 14.6 Å². The van der Waals surface area contributed by atoms with Gasteiger partial charge in [-0.15, -0.1) is 5.10 Å². The minimum Gasteiger partial charge on any atom is -0.480 e. The van der Waals surface area contributed by atoms with Crippen LogP contribution in [0.15, 0.2) is 0 Å². The summed E-state index contributed by atoms with van der Waals surface area (Å²) >= 11 is 0. The highest BCUT2D eigenvalue weighted by Gasteiger charge is 2.30. The van der Waals surface area contributed by atoms with Crippen LogP contribution in [0.2, 0.25) is 0 Å². The fourth-order valence-corrected chi connectivity index (χ4v) is 1.85. The van der Waals surface area contributed by atoms with Gasteiger partial charge in [0.1, 0.15) is 6.04 Å². The molecule has 1 aliphatic heterocycles. The Bertz CT molecular complexity index is 392. The van der Waals surface area contributed by atoms with Crippen molar-refractivity contribution in [3.8, 4) is 0 Å². The van der Waals surface area contributed by atoms with Crippen LogP contribution >= 0.6 is 0 Å². The smallest absolute Gasteiger partial charge is 0.328 e. The Labute approximate surface area is 92.4 Å². The van der Waals surface area contributed by atoms with Gasteiger partial charge >= 0.3 is 5.97 Å². The van der Waals surface area contributed by atoms with Gasteiger partial charge in [-0.2, -0.15) is 0 Å². The summed E-state index contributed by atoms with van der Waals surface area (Å²) in [5.74, 6) is -0.258. The topological polar surface area (TPSA) is 90.1 Å². The van der Waals surface area contributed by atoms with Crippen LogP contribution in [-0.2, 0) is 9.53 Å². The molecule has 7 nitrogen and oxygen atoms in total. The number of carboxylic acids is 1. The van der Waals surface area contributed by atoms with Crippen LogP contribution in [0.1, 0.15) is 38.1 Å². The molecule has 1 fully saturated rings. The molecule has 1 aromatic rings. The van der Waals surface area contributed by atoms with Crippen LogP contribution in [-0.4, -0.2) is 44.0 Å². The van der Waals surface area contributed by atoms with E-state index in [-0.39, 0.29) is 12.0 Å². The van der Waals surface area contributed by atoms with Crippen LogP contribution in [0.4, 0.5) is 0 Å². The number of hydrogen-bond donors (Lipinski definition) is 1. The number of tetrazole rings is 1. The third kappa shape index (κ3) is 1.90.